The number of anilines is 3. The molecule has 2 heterocycles. The Hall–Kier alpha value is -6.10. The highest BCUT2D eigenvalue weighted by atomic mass is 32.1. The van der Waals surface area contributed by atoms with Gasteiger partial charge in [0.25, 0.3) is 0 Å². The standard InChI is InChI=1S/C47H33N3S/c1-47(2)38-18-9-6-16-35(38)44-39(47)19-12-21-41(44)50(46-36-17-7-10-20-40(36)48-45(49-46)31-13-4-3-5-14-31)33-26-23-30(24-27-33)32-25-28-43-37(29-32)34-15-8-11-22-42(34)51-43/h3-29H,1-2H3. The van der Waals surface area contributed by atoms with Crippen LogP contribution in [0.15, 0.2) is 164 Å². The van der Waals surface area contributed by atoms with Gasteiger partial charge in [-0.1, -0.05) is 129 Å². The molecule has 0 saturated heterocycles. The van der Waals surface area contributed by atoms with E-state index in [9.17, 15) is 0 Å². The van der Waals surface area contributed by atoms with Crippen molar-refractivity contribution in [2.75, 3.05) is 4.90 Å². The van der Waals surface area contributed by atoms with Gasteiger partial charge in [-0.3, -0.25) is 4.90 Å². The molecule has 0 saturated carbocycles. The van der Waals surface area contributed by atoms with Gasteiger partial charge in [0.1, 0.15) is 5.82 Å². The van der Waals surface area contributed by atoms with Crippen molar-refractivity contribution >= 4 is 59.6 Å². The molecule has 3 nitrogen and oxygen atoms in total. The molecule has 2 aromatic heterocycles. The molecule has 0 fully saturated rings. The number of hydrogen-bond acceptors (Lipinski definition) is 4. The van der Waals surface area contributed by atoms with E-state index < -0.39 is 0 Å². The molecular weight excluding hydrogens is 639 g/mol. The van der Waals surface area contributed by atoms with Crippen LogP contribution in [-0.4, -0.2) is 9.97 Å². The summed E-state index contributed by atoms with van der Waals surface area (Å²) in [6.07, 6.45) is 0. The zero-order chi connectivity index (χ0) is 34.1. The van der Waals surface area contributed by atoms with Crippen LogP contribution in [0.4, 0.5) is 17.2 Å². The second-order valence-electron chi connectivity index (χ2n) is 13.8. The lowest BCUT2D eigenvalue weighted by Gasteiger charge is -2.29. The lowest BCUT2D eigenvalue weighted by Crippen LogP contribution is -2.17. The van der Waals surface area contributed by atoms with Crippen molar-refractivity contribution in [1.82, 2.24) is 9.97 Å². The van der Waals surface area contributed by atoms with E-state index in [2.05, 4.69) is 164 Å². The first-order valence-electron chi connectivity index (χ1n) is 17.4. The number of aromatic nitrogens is 2. The molecule has 0 amide bonds. The van der Waals surface area contributed by atoms with Crippen molar-refractivity contribution in [3.05, 3.63) is 175 Å². The molecule has 0 radical (unpaired) electrons. The van der Waals surface area contributed by atoms with Crippen LogP contribution < -0.4 is 4.90 Å². The van der Waals surface area contributed by atoms with Gasteiger partial charge in [0.15, 0.2) is 5.82 Å². The molecule has 1 aliphatic carbocycles. The summed E-state index contributed by atoms with van der Waals surface area (Å²) in [6, 6.07) is 58.8. The quantitative estimate of drug-likeness (QED) is 0.182. The van der Waals surface area contributed by atoms with Gasteiger partial charge in [-0.2, -0.15) is 0 Å². The van der Waals surface area contributed by atoms with Crippen molar-refractivity contribution in [1.29, 1.82) is 0 Å². The maximum absolute atomic E-state index is 5.40. The minimum atomic E-state index is -0.134. The van der Waals surface area contributed by atoms with Crippen LogP contribution in [0.2, 0.25) is 0 Å². The summed E-state index contributed by atoms with van der Waals surface area (Å²) in [6.45, 7) is 4.67. The number of thiophene rings is 1. The third kappa shape index (κ3) is 4.71. The summed E-state index contributed by atoms with van der Waals surface area (Å²) in [7, 11) is 0. The molecule has 0 N–H and O–H groups in total. The highest BCUT2D eigenvalue weighted by molar-refractivity contribution is 7.25. The average molecular weight is 672 g/mol. The van der Waals surface area contributed by atoms with Gasteiger partial charge in [-0.05, 0) is 76.3 Å². The molecule has 10 rings (SSSR count). The predicted molar refractivity (Wildman–Crippen MR) is 216 cm³/mol. The fraction of sp³-hybridized carbons (Fsp3) is 0.0638. The van der Waals surface area contributed by atoms with E-state index in [0.717, 1.165) is 33.7 Å². The van der Waals surface area contributed by atoms with Crippen LogP contribution >= 0.6 is 11.3 Å². The van der Waals surface area contributed by atoms with Crippen molar-refractivity contribution in [3.8, 4) is 33.6 Å². The zero-order valence-corrected chi connectivity index (χ0v) is 29.2. The predicted octanol–water partition coefficient (Wildman–Crippen LogP) is 13.1. The lowest BCUT2D eigenvalue weighted by atomic mass is 9.82. The number of benzene rings is 7. The van der Waals surface area contributed by atoms with Crippen LogP contribution in [0.3, 0.4) is 0 Å². The van der Waals surface area contributed by atoms with Crippen LogP contribution in [0.25, 0.3) is 64.7 Å². The topological polar surface area (TPSA) is 29.0 Å². The molecule has 1 aliphatic rings. The van der Waals surface area contributed by atoms with Gasteiger partial charge in [-0.25, -0.2) is 9.97 Å². The molecule has 0 bridgehead atoms. The van der Waals surface area contributed by atoms with E-state index in [1.54, 1.807) is 0 Å². The summed E-state index contributed by atoms with van der Waals surface area (Å²) in [4.78, 5) is 12.8. The van der Waals surface area contributed by atoms with Crippen molar-refractivity contribution in [2.45, 2.75) is 19.3 Å². The van der Waals surface area contributed by atoms with Gasteiger partial charge < -0.3 is 0 Å². The summed E-state index contributed by atoms with van der Waals surface area (Å²) in [5.41, 5.74) is 11.5. The largest absolute Gasteiger partial charge is 0.294 e. The molecule has 51 heavy (non-hydrogen) atoms. The van der Waals surface area contributed by atoms with E-state index in [0.29, 0.717) is 5.82 Å². The minimum absolute atomic E-state index is 0.134. The van der Waals surface area contributed by atoms with Gasteiger partial charge in [0.2, 0.25) is 0 Å². The summed E-state index contributed by atoms with van der Waals surface area (Å²) >= 11 is 1.85. The van der Waals surface area contributed by atoms with E-state index >= 15 is 0 Å². The monoisotopic (exact) mass is 671 g/mol. The molecule has 0 aliphatic heterocycles. The van der Waals surface area contributed by atoms with Crippen LogP contribution in [0, 0.1) is 0 Å². The van der Waals surface area contributed by atoms with E-state index in [-0.39, 0.29) is 5.41 Å². The Morgan fingerprint density at radius 2 is 1.20 bits per heavy atom. The van der Waals surface area contributed by atoms with Gasteiger partial charge >= 0.3 is 0 Å². The minimum Gasteiger partial charge on any atom is -0.294 e. The molecule has 0 spiro atoms. The second-order valence-corrected chi connectivity index (χ2v) is 14.9. The van der Waals surface area contributed by atoms with E-state index in [1.165, 1.54) is 53.6 Å². The molecule has 0 atom stereocenters. The maximum atomic E-state index is 5.40. The maximum Gasteiger partial charge on any atom is 0.162 e. The molecule has 9 aromatic rings. The van der Waals surface area contributed by atoms with Gasteiger partial charge in [0.05, 0.1) is 11.2 Å². The Kier molecular flexibility index (Phi) is 6.70. The number of para-hydroxylation sites is 1. The zero-order valence-electron chi connectivity index (χ0n) is 28.3. The SMILES string of the molecule is CC1(C)c2ccccc2-c2c(N(c3ccc(-c4ccc5sc6ccccc6c5c4)cc3)c3nc(-c4ccccc4)nc4ccccc34)cccc21. The van der Waals surface area contributed by atoms with Crippen LogP contribution in [-0.2, 0) is 5.41 Å². The molecule has 0 unspecified atom stereocenters. The lowest BCUT2D eigenvalue weighted by molar-refractivity contribution is 0.660. The molecular formula is C47H33N3S. The highest BCUT2D eigenvalue weighted by Crippen LogP contribution is 2.54. The Morgan fingerprint density at radius 3 is 2.06 bits per heavy atom. The summed E-state index contributed by atoms with van der Waals surface area (Å²) in [5, 5.41) is 3.62. The second kappa shape index (κ2) is 11.5. The Labute approximate surface area is 301 Å². The molecule has 242 valence electrons. The van der Waals surface area contributed by atoms with Crippen LogP contribution in [0.5, 0.6) is 0 Å². The van der Waals surface area contributed by atoms with Crippen molar-refractivity contribution < 1.29 is 0 Å². The Bertz CT molecular complexity index is 2780. The number of hydrogen-bond donors (Lipinski definition) is 0. The third-order valence-corrected chi connectivity index (χ3v) is 11.6. The first kappa shape index (κ1) is 29.8. The summed E-state index contributed by atoms with van der Waals surface area (Å²) in [5.74, 6) is 1.56. The van der Waals surface area contributed by atoms with Crippen LogP contribution in [0.1, 0.15) is 25.0 Å². The molecule has 4 heteroatoms. The van der Waals surface area contributed by atoms with E-state index in [1.807, 2.05) is 29.5 Å². The smallest absolute Gasteiger partial charge is 0.162 e. The first-order chi connectivity index (χ1) is 25.0. The normalized spacial score (nSPS) is 13.1. The highest BCUT2D eigenvalue weighted by Gasteiger charge is 2.38. The van der Waals surface area contributed by atoms with Gasteiger partial charge in [0, 0.05) is 47.8 Å². The van der Waals surface area contributed by atoms with Crippen molar-refractivity contribution in [3.63, 3.8) is 0 Å². The summed E-state index contributed by atoms with van der Waals surface area (Å²) < 4.78 is 2.64. The van der Waals surface area contributed by atoms with Gasteiger partial charge in [-0.15, -0.1) is 11.3 Å². The first-order valence-corrected chi connectivity index (χ1v) is 18.2. The van der Waals surface area contributed by atoms with E-state index in [4.69, 9.17) is 9.97 Å². The number of nitrogens with zero attached hydrogens (tertiary/aromatic N) is 3. The third-order valence-electron chi connectivity index (χ3n) is 10.5. The fourth-order valence-corrected chi connectivity index (χ4v) is 9.04. The Balaban J connectivity index is 1.20. The molecule has 7 aromatic carbocycles. The number of rotatable bonds is 5. The average Bonchev–Trinajstić information content (AvgIpc) is 3.67. The fourth-order valence-electron chi connectivity index (χ4n) is 7.95. The van der Waals surface area contributed by atoms with Crippen molar-refractivity contribution in [2.24, 2.45) is 0 Å². The Morgan fingerprint density at radius 1 is 0.510 bits per heavy atom. The number of fused-ring (bicyclic) bond motifs is 7.